The van der Waals surface area contributed by atoms with E-state index in [-0.39, 0.29) is 0 Å². The number of benzene rings is 2. The summed E-state index contributed by atoms with van der Waals surface area (Å²) in [6.07, 6.45) is 3.63. The molecule has 0 unspecified atom stereocenters. The number of ether oxygens (including phenoxy) is 1. The van der Waals surface area contributed by atoms with E-state index in [1.807, 2.05) is 36.5 Å². The minimum absolute atomic E-state index is 0.578. The molecule has 0 bridgehead atoms. The van der Waals surface area contributed by atoms with Crippen molar-refractivity contribution >= 4 is 5.69 Å². The quantitative estimate of drug-likeness (QED) is 0.717. The predicted octanol–water partition coefficient (Wildman–Crippen LogP) is 4.02. The second-order valence-electron chi connectivity index (χ2n) is 5.32. The zero-order chi connectivity index (χ0) is 15.9. The van der Waals surface area contributed by atoms with E-state index in [9.17, 15) is 0 Å². The van der Waals surface area contributed by atoms with Gasteiger partial charge in [-0.05, 0) is 24.6 Å². The molecule has 0 radical (unpaired) electrons. The molecule has 0 aliphatic rings. The van der Waals surface area contributed by atoms with Crippen molar-refractivity contribution in [3.05, 3.63) is 78.4 Å². The molecular formula is C19H21N3O. The third-order valence-corrected chi connectivity index (χ3v) is 3.71. The van der Waals surface area contributed by atoms with Crippen molar-refractivity contribution in [1.82, 2.24) is 9.97 Å². The normalized spacial score (nSPS) is 10.5. The van der Waals surface area contributed by atoms with Gasteiger partial charge in [-0.1, -0.05) is 36.4 Å². The summed E-state index contributed by atoms with van der Waals surface area (Å²) in [5.74, 6) is 1.84. The predicted molar refractivity (Wildman–Crippen MR) is 92.5 cm³/mol. The van der Waals surface area contributed by atoms with Gasteiger partial charge in [-0.3, -0.25) is 0 Å². The molecule has 0 spiro atoms. The zero-order valence-corrected chi connectivity index (χ0v) is 13.3. The van der Waals surface area contributed by atoms with Crippen molar-refractivity contribution in [3.63, 3.8) is 0 Å². The van der Waals surface area contributed by atoms with Crippen LogP contribution in [0.5, 0.6) is 5.75 Å². The van der Waals surface area contributed by atoms with Gasteiger partial charge in [0.2, 0.25) is 0 Å². The van der Waals surface area contributed by atoms with Crippen molar-refractivity contribution in [3.8, 4) is 5.75 Å². The van der Waals surface area contributed by atoms with E-state index in [4.69, 9.17) is 4.74 Å². The number of hydrogen-bond donors (Lipinski definition) is 1. The topological polar surface area (TPSA) is 41.2 Å². The maximum Gasteiger partial charge on any atom is 0.125 e. The number of nitrogens with one attached hydrogen (secondary N) is 1. The lowest BCUT2D eigenvalue weighted by molar-refractivity contribution is 0.306. The van der Waals surface area contributed by atoms with E-state index in [0.717, 1.165) is 30.4 Å². The first kappa shape index (κ1) is 15.2. The number of anilines is 1. The van der Waals surface area contributed by atoms with E-state index < -0.39 is 0 Å². The van der Waals surface area contributed by atoms with E-state index in [1.165, 1.54) is 5.56 Å². The molecule has 4 nitrogen and oxygen atoms in total. The lowest BCUT2D eigenvalue weighted by Gasteiger charge is -2.22. The Balaban J connectivity index is 1.68. The van der Waals surface area contributed by atoms with E-state index in [1.54, 1.807) is 6.20 Å². The Labute approximate surface area is 136 Å². The molecule has 4 heteroatoms. The minimum atomic E-state index is 0.578. The first-order valence-corrected chi connectivity index (χ1v) is 7.85. The Morgan fingerprint density at radius 1 is 1.09 bits per heavy atom. The summed E-state index contributed by atoms with van der Waals surface area (Å²) < 4.78 is 5.91. The molecule has 0 fully saturated rings. The van der Waals surface area contributed by atoms with Crippen molar-refractivity contribution in [2.75, 3.05) is 11.4 Å². The molecule has 0 aliphatic carbocycles. The van der Waals surface area contributed by atoms with Crippen LogP contribution in [0.2, 0.25) is 0 Å². The fourth-order valence-corrected chi connectivity index (χ4v) is 2.46. The van der Waals surface area contributed by atoms with Crippen LogP contribution in [0.4, 0.5) is 5.69 Å². The lowest BCUT2D eigenvalue weighted by Crippen LogP contribution is -2.22. The van der Waals surface area contributed by atoms with Crippen LogP contribution in [0.15, 0.2) is 67.0 Å². The van der Waals surface area contributed by atoms with Gasteiger partial charge in [0.05, 0.1) is 6.54 Å². The highest BCUT2D eigenvalue weighted by Gasteiger charge is 2.08. The molecule has 0 amide bonds. The standard InChI is InChI=1S/C19H21N3O/c1-2-22(14-19-20-11-12-21-19)17-9-6-10-18(13-17)23-15-16-7-4-3-5-8-16/h3-13H,2,14-15H2,1H3,(H,20,21). The lowest BCUT2D eigenvalue weighted by atomic mass is 10.2. The van der Waals surface area contributed by atoms with Crippen LogP contribution in [0, 0.1) is 0 Å². The summed E-state index contributed by atoms with van der Waals surface area (Å²) >= 11 is 0. The van der Waals surface area contributed by atoms with Gasteiger partial charge in [0.25, 0.3) is 0 Å². The third kappa shape index (κ3) is 4.13. The second-order valence-corrected chi connectivity index (χ2v) is 5.32. The smallest absolute Gasteiger partial charge is 0.125 e. The minimum Gasteiger partial charge on any atom is -0.489 e. The van der Waals surface area contributed by atoms with Gasteiger partial charge in [0, 0.05) is 30.7 Å². The van der Waals surface area contributed by atoms with E-state index in [0.29, 0.717) is 6.61 Å². The van der Waals surface area contributed by atoms with E-state index in [2.05, 4.69) is 46.1 Å². The summed E-state index contributed by atoms with van der Waals surface area (Å²) in [5.41, 5.74) is 2.30. The summed E-state index contributed by atoms with van der Waals surface area (Å²) in [6.45, 7) is 4.38. The molecule has 0 saturated heterocycles. The fourth-order valence-electron chi connectivity index (χ4n) is 2.46. The first-order chi connectivity index (χ1) is 11.3. The molecule has 0 atom stereocenters. The van der Waals surface area contributed by atoms with Crippen LogP contribution in [-0.4, -0.2) is 16.5 Å². The zero-order valence-electron chi connectivity index (χ0n) is 13.3. The molecule has 0 aliphatic heterocycles. The number of imidazole rings is 1. The molecule has 1 aromatic heterocycles. The number of aromatic amines is 1. The van der Waals surface area contributed by atoms with Gasteiger partial charge in [0.15, 0.2) is 0 Å². The van der Waals surface area contributed by atoms with Gasteiger partial charge in [-0.15, -0.1) is 0 Å². The molecular weight excluding hydrogens is 286 g/mol. The average Bonchev–Trinajstić information content (AvgIpc) is 3.12. The van der Waals surface area contributed by atoms with Gasteiger partial charge >= 0.3 is 0 Å². The highest BCUT2D eigenvalue weighted by molar-refractivity contribution is 5.50. The van der Waals surface area contributed by atoms with Crippen molar-refractivity contribution in [1.29, 1.82) is 0 Å². The molecule has 118 valence electrons. The Kier molecular flexibility index (Phi) is 4.94. The van der Waals surface area contributed by atoms with Crippen LogP contribution in [0.25, 0.3) is 0 Å². The van der Waals surface area contributed by atoms with Crippen molar-refractivity contribution in [2.45, 2.75) is 20.1 Å². The number of nitrogens with zero attached hydrogens (tertiary/aromatic N) is 2. The summed E-state index contributed by atoms with van der Waals surface area (Å²) in [5, 5.41) is 0. The van der Waals surface area contributed by atoms with Crippen molar-refractivity contribution < 1.29 is 4.74 Å². The summed E-state index contributed by atoms with van der Waals surface area (Å²) in [6, 6.07) is 18.4. The van der Waals surface area contributed by atoms with Crippen LogP contribution in [0.3, 0.4) is 0 Å². The fraction of sp³-hybridized carbons (Fsp3) is 0.211. The summed E-state index contributed by atoms with van der Waals surface area (Å²) in [7, 11) is 0. The number of rotatable bonds is 7. The van der Waals surface area contributed by atoms with Gasteiger partial charge in [0.1, 0.15) is 18.2 Å². The molecule has 3 rings (SSSR count). The maximum absolute atomic E-state index is 5.91. The molecule has 1 heterocycles. The van der Waals surface area contributed by atoms with Crippen molar-refractivity contribution in [2.24, 2.45) is 0 Å². The van der Waals surface area contributed by atoms with Crippen LogP contribution >= 0.6 is 0 Å². The first-order valence-electron chi connectivity index (χ1n) is 7.85. The maximum atomic E-state index is 5.91. The molecule has 3 aromatic rings. The SMILES string of the molecule is CCN(Cc1ncc[nH]1)c1cccc(OCc2ccccc2)c1. The van der Waals surface area contributed by atoms with Crippen LogP contribution in [-0.2, 0) is 13.2 Å². The van der Waals surface area contributed by atoms with Crippen LogP contribution < -0.4 is 9.64 Å². The highest BCUT2D eigenvalue weighted by atomic mass is 16.5. The van der Waals surface area contributed by atoms with Gasteiger partial charge < -0.3 is 14.6 Å². The van der Waals surface area contributed by atoms with E-state index >= 15 is 0 Å². The largest absolute Gasteiger partial charge is 0.489 e. The van der Waals surface area contributed by atoms with Gasteiger partial charge in [-0.2, -0.15) is 0 Å². The molecule has 1 N–H and O–H groups in total. The highest BCUT2D eigenvalue weighted by Crippen LogP contribution is 2.23. The molecule has 23 heavy (non-hydrogen) atoms. The average molecular weight is 307 g/mol. The Bertz CT molecular complexity index is 710. The second kappa shape index (κ2) is 7.49. The van der Waals surface area contributed by atoms with Gasteiger partial charge in [-0.25, -0.2) is 4.98 Å². The number of hydrogen-bond acceptors (Lipinski definition) is 3. The Morgan fingerprint density at radius 3 is 2.70 bits per heavy atom. The Hall–Kier alpha value is -2.75. The molecule has 2 aromatic carbocycles. The third-order valence-electron chi connectivity index (χ3n) is 3.71. The molecule has 0 saturated carbocycles. The van der Waals surface area contributed by atoms with Crippen LogP contribution in [0.1, 0.15) is 18.3 Å². The number of H-pyrrole nitrogens is 1. The monoisotopic (exact) mass is 307 g/mol. The summed E-state index contributed by atoms with van der Waals surface area (Å²) in [4.78, 5) is 9.71. The Morgan fingerprint density at radius 2 is 1.96 bits per heavy atom. The number of aromatic nitrogens is 2.